The molecule has 0 radical (unpaired) electrons. The zero-order chi connectivity index (χ0) is 23.7. The third-order valence-electron chi connectivity index (χ3n) is 5.26. The Morgan fingerprint density at radius 3 is 2.44 bits per heavy atom. The second-order valence-electron chi connectivity index (χ2n) is 9.44. The lowest BCUT2D eigenvalue weighted by Gasteiger charge is -2.25. The molecular weight excluding hydrogens is 439 g/mol. The molecule has 0 unspecified atom stereocenters. The molecule has 0 bridgehead atoms. The largest absolute Gasteiger partial charge is 0.443 e. The molecule has 1 aliphatic heterocycles. The van der Waals surface area contributed by atoms with Crippen molar-refractivity contribution in [2.24, 2.45) is 5.41 Å². The topological polar surface area (TPSA) is 54.5 Å². The lowest BCUT2D eigenvalue weighted by molar-refractivity contribution is -0.137. The Labute approximate surface area is 191 Å². The fourth-order valence-corrected chi connectivity index (χ4v) is 4.68. The fraction of sp³-hybridized carbons (Fsp3) is 0.565. The second-order valence-corrected chi connectivity index (χ2v) is 10.5. The van der Waals surface area contributed by atoms with Gasteiger partial charge in [0.15, 0.2) is 5.01 Å². The van der Waals surface area contributed by atoms with Crippen molar-refractivity contribution in [3.05, 3.63) is 39.3 Å². The molecule has 176 valence electrons. The monoisotopic (exact) mass is 469 g/mol. The Balaban J connectivity index is 1.70. The summed E-state index contributed by atoms with van der Waals surface area (Å²) in [6.45, 7) is 11.7. The Bertz CT molecular complexity index is 943. The van der Waals surface area contributed by atoms with Crippen LogP contribution in [0.1, 0.15) is 60.7 Å². The number of ether oxygens (including phenoxy) is 1. The molecule has 3 rings (SSSR count). The molecule has 1 aromatic carbocycles. The number of aryl methyl sites for hydroxylation is 2. The molecule has 0 aliphatic carbocycles. The van der Waals surface area contributed by atoms with Gasteiger partial charge in [-0.15, -0.1) is 11.3 Å². The van der Waals surface area contributed by atoms with Crippen LogP contribution in [-0.2, 0) is 15.7 Å². The van der Waals surface area contributed by atoms with Crippen LogP contribution in [0.15, 0.2) is 18.3 Å². The van der Waals surface area contributed by atoms with E-state index in [0.29, 0.717) is 48.8 Å². The number of thiazole rings is 1. The number of rotatable bonds is 4. The standard InChI is InChI=1S/C23H30F3N3O2S/c1-14-10-16(11-15(2)20(14)28-19(30)12-22(3,4)5)29-7-6-17(31-9-8-29)18-13-27-21(32-18)23(24,25)26/h10-11,13,17H,6-9,12H2,1-5H3,(H,28,30)/t17-/m0/s1. The highest BCUT2D eigenvalue weighted by Crippen LogP contribution is 2.37. The third kappa shape index (κ3) is 6.22. The number of halogens is 3. The summed E-state index contributed by atoms with van der Waals surface area (Å²) >= 11 is 0.649. The number of benzene rings is 1. The van der Waals surface area contributed by atoms with Crippen molar-refractivity contribution < 1.29 is 22.7 Å². The van der Waals surface area contributed by atoms with Gasteiger partial charge in [-0.3, -0.25) is 4.79 Å². The van der Waals surface area contributed by atoms with E-state index < -0.39 is 17.3 Å². The maximum Gasteiger partial charge on any atom is 0.443 e. The number of aromatic nitrogens is 1. The number of alkyl halides is 3. The summed E-state index contributed by atoms with van der Waals surface area (Å²) in [6, 6.07) is 4.07. The van der Waals surface area contributed by atoms with Crippen LogP contribution in [0.5, 0.6) is 0 Å². The van der Waals surface area contributed by atoms with Crippen LogP contribution in [0.4, 0.5) is 24.5 Å². The quantitative estimate of drug-likeness (QED) is 0.586. The molecule has 0 saturated carbocycles. The summed E-state index contributed by atoms with van der Waals surface area (Å²) in [5.41, 5.74) is 3.70. The van der Waals surface area contributed by atoms with E-state index in [-0.39, 0.29) is 11.3 Å². The number of hydrogen-bond acceptors (Lipinski definition) is 5. The van der Waals surface area contributed by atoms with Crippen LogP contribution >= 0.6 is 11.3 Å². The van der Waals surface area contributed by atoms with Crippen molar-refractivity contribution in [3.63, 3.8) is 0 Å². The summed E-state index contributed by atoms with van der Waals surface area (Å²) in [4.78, 5) is 18.6. The highest BCUT2D eigenvalue weighted by atomic mass is 32.1. The predicted molar refractivity (Wildman–Crippen MR) is 121 cm³/mol. The Hall–Kier alpha value is -2.13. The van der Waals surface area contributed by atoms with E-state index in [1.54, 1.807) is 0 Å². The van der Waals surface area contributed by atoms with E-state index >= 15 is 0 Å². The van der Waals surface area contributed by atoms with E-state index in [9.17, 15) is 18.0 Å². The van der Waals surface area contributed by atoms with Gasteiger partial charge in [0.1, 0.15) is 0 Å². The van der Waals surface area contributed by atoms with Crippen LogP contribution in [0.2, 0.25) is 0 Å². The number of nitrogens with one attached hydrogen (secondary N) is 1. The lowest BCUT2D eigenvalue weighted by atomic mass is 9.92. The van der Waals surface area contributed by atoms with Crippen LogP contribution in [-0.4, -0.2) is 30.6 Å². The molecule has 2 aromatic rings. The van der Waals surface area contributed by atoms with Crippen LogP contribution < -0.4 is 10.2 Å². The van der Waals surface area contributed by atoms with Crippen molar-refractivity contribution in [3.8, 4) is 0 Å². The molecule has 1 atom stereocenters. The molecule has 1 N–H and O–H groups in total. The van der Waals surface area contributed by atoms with Gasteiger partial charge in [0.05, 0.1) is 17.6 Å². The van der Waals surface area contributed by atoms with E-state index in [2.05, 4.69) is 15.2 Å². The predicted octanol–water partition coefficient (Wildman–Crippen LogP) is 6.12. The second kappa shape index (κ2) is 9.39. The van der Waals surface area contributed by atoms with Gasteiger partial charge in [0, 0.05) is 37.1 Å². The summed E-state index contributed by atoms with van der Waals surface area (Å²) in [6.07, 6.45) is -2.55. The fourth-order valence-electron chi connectivity index (χ4n) is 3.81. The van der Waals surface area contributed by atoms with E-state index in [1.807, 2.05) is 46.8 Å². The van der Waals surface area contributed by atoms with Crippen molar-refractivity contribution in [2.45, 2.75) is 59.7 Å². The molecule has 1 saturated heterocycles. The van der Waals surface area contributed by atoms with Gasteiger partial charge < -0.3 is 15.0 Å². The van der Waals surface area contributed by atoms with E-state index in [4.69, 9.17) is 4.74 Å². The van der Waals surface area contributed by atoms with E-state index in [1.165, 1.54) is 6.20 Å². The summed E-state index contributed by atoms with van der Waals surface area (Å²) in [5, 5.41) is 2.20. The minimum absolute atomic E-state index is 0.00903. The molecule has 0 spiro atoms. The number of nitrogens with zero attached hydrogens (tertiary/aromatic N) is 2. The van der Waals surface area contributed by atoms with Gasteiger partial charge in [-0.1, -0.05) is 20.8 Å². The van der Waals surface area contributed by atoms with Crippen LogP contribution in [0.3, 0.4) is 0 Å². The number of carbonyl (C=O) groups is 1. The van der Waals surface area contributed by atoms with Gasteiger partial charge >= 0.3 is 6.18 Å². The molecule has 2 heterocycles. The summed E-state index contributed by atoms with van der Waals surface area (Å²) < 4.78 is 44.5. The molecule has 1 amide bonds. The Kier molecular flexibility index (Phi) is 7.19. The number of hydrogen-bond donors (Lipinski definition) is 1. The molecule has 1 aromatic heterocycles. The van der Waals surface area contributed by atoms with Gasteiger partial charge in [-0.05, 0) is 48.9 Å². The smallest absolute Gasteiger partial charge is 0.371 e. The van der Waals surface area contributed by atoms with E-state index in [0.717, 1.165) is 22.5 Å². The number of amides is 1. The van der Waals surface area contributed by atoms with Crippen molar-refractivity contribution in [2.75, 3.05) is 29.9 Å². The Morgan fingerprint density at radius 1 is 1.22 bits per heavy atom. The number of carbonyl (C=O) groups excluding carboxylic acids is 1. The summed E-state index contributed by atoms with van der Waals surface area (Å²) in [5.74, 6) is -0.00903. The average Bonchev–Trinajstić information content (AvgIpc) is 3.02. The van der Waals surface area contributed by atoms with Crippen molar-refractivity contribution in [1.29, 1.82) is 0 Å². The first-order valence-electron chi connectivity index (χ1n) is 10.6. The molecule has 9 heteroatoms. The van der Waals surface area contributed by atoms with Crippen LogP contribution in [0, 0.1) is 19.3 Å². The molecule has 1 fully saturated rings. The molecular formula is C23H30F3N3O2S. The van der Waals surface area contributed by atoms with Crippen LogP contribution in [0.25, 0.3) is 0 Å². The zero-order valence-corrected chi connectivity index (χ0v) is 19.9. The van der Waals surface area contributed by atoms with Gasteiger partial charge in [0.25, 0.3) is 0 Å². The molecule has 1 aliphatic rings. The third-order valence-corrected chi connectivity index (χ3v) is 6.40. The Morgan fingerprint density at radius 2 is 1.88 bits per heavy atom. The zero-order valence-electron chi connectivity index (χ0n) is 19.1. The number of anilines is 2. The SMILES string of the molecule is Cc1cc(N2CCO[C@H](c3cnc(C(F)(F)F)s3)CC2)cc(C)c1NC(=O)CC(C)(C)C. The normalized spacial score (nSPS) is 17.9. The lowest BCUT2D eigenvalue weighted by Crippen LogP contribution is -2.26. The minimum atomic E-state index is -4.43. The molecule has 32 heavy (non-hydrogen) atoms. The summed E-state index contributed by atoms with van der Waals surface area (Å²) in [7, 11) is 0. The minimum Gasteiger partial charge on any atom is -0.371 e. The highest BCUT2D eigenvalue weighted by Gasteiger charge is 2.35. The van der Waals surface area contributed by atoms with Gasteiger partial charge in [-0.25, -0.2) is 4.98 Å². The first-order valence-corrected chi connectivity index (χ1v) is 11.5. The maximum absolute atomic E-state index is 12.9. The highest BCUT2D eigenvalue weighted by molar-refractivity contribution is 7.11. The van der Waals surface area contributed by atoms with Crippen molar-refractivity contribution in [1.82, 2.24) is 4.98 Å². The van der Waals surface area contributed by atoms with Crippen molar-refractivity contribution >= 4 is 28.6 Å². The first-order chi connectivity index (χ1) is 14.8. The van der Waals surface area contributed by atoms with Gasteiger partial charge in [-0.2, -0.15) is 13.2 Å². The first kappa shape index (κ1) is 24.5. The molecule has 5 nitrogen and oxygen atoms in total. The van der Waals surface area contributed by atoms with Gasteiger partial charge in [0.2, 0.25) is 5.91 Å². The average molecular weight is 470 g/mol. The maximum atomic E-state index is 12.9.